The number of aromatic amines is 2. The van der Waals surface area contributed by atoms with E-state index in [1.54, 1.807) is 0 Å². The van der Waals surface area contributed by atoms with Gasteiger partial charge >= 0.3 is 6.09 Å². The molecular formula is C42H52N8O5. The van der Waals surface area contributed by atoms with E-state index in [0.29, 0.717) is 18.4 Å². The fourth-order valence-electron chi connectivity index (χ4n) is 9.01. The number of benzene rings is 2. The molecule has 2 aliphatic carbocycles. The van der Waals surface area contributed by atoms with E-state index in [1.807, 2.05) is 45.0 Å². The zero-order valence-electron chi connectivity index (χ0n) is 32.5. The van der Waals surface area contributed by atoms with Gasteiger partial charge in [0.15, 0.2) is 0 Å². The van der Waals surface area contributed by atoms with E-state index < -0.39 is 12.1 Å². The quantitative estimate of drug-likeness (QED) is 0.133. The van der Waals surface area contributed by atoms with Crippen LogP contribution in [0, 0.1) is 23.7 Å². The molecule has 3 aliphatic rings. The van der Waals surface area contributed by atoms with Crippen molar-refractivity contribution < 1.29 is 23.9 Å². The normalized spacial score (nSPS) is 22.3. The molecule has 6 atom stereocenters. The van der Waals surface area contributed by atoms with Gasteiger partial charge in [0.2, 0.25) is 17.7 Å². The molecule has 0 spiro atoms. The van der Waals surface area contributed by atoms with E-state index in [2.05, 4.69) is 74.2 Å². The molecule has 1 saturated heterocycles. The Morgan fingerprint density at radius 2 is 1.38 bits per heavy atom. The molecule has 0 unspecified atom stereocenters. The number of methoxy groups -OCH3 is 1. The van der Waals surface area contributed by atoms with Gasteiger partial charge in [-0.2, -0.15) is 0 Å². The summed E-state index contributed by atoms with van der Waals surface area (Å²) in [6.07, 6.45) is 7.80. The molecule has 2 saturated carbocycles. The third-order valence-corrected chi connectivity index (χ3v) is 11.8. The highest BCUT2D eigenvalue weighted by molar-refractivity contribution is 5.86. The average Bonchev–Trinajstić information content (AvgIpc) is 4.03. The van der Waals surface area contributed by atoms with Crippen LogP contribution in [0.15, 0.2) is 60.9 Å². The van der Waals surface area contributed by atoms with Crippen LogP contribution in [0.2, 0.25) is 0 Å². The van der Waals surface area contributed by atoms with Crippen LogP contribution in [0.4, 0.5) is 4.79 Å². The molecule has 55 heavy (non-hydrogen) atoms. The zero-order valence-corrected chi connectivity index (χ0v) is 32.5. The summed E-state index contributed by atoms with van der Waals surface area (Å²) >= 11 is 0. The molecule has 7 rings (SSSR count). The van der Waals surface area contributed by atoms with Gasteiger partial charge in [-0.05, 0) is 86.0 Å². The molecule has 2 aromatic heterocycles. The Morgan fingerprint density at radius 3 is 1.95 bits per heavy atom. The number of nitrogens with one attached hydrogen (secondary N) is 4. The number of aromatic nitrogens is 4. The summed E-state index contributed by atoms with van der Waals surface area (Å²) in [6, 6.07) is 15.6. The summed E-state index contributed by atoms with van der Waals surface area (Å²) in [6.45, 7) is 9.67. The number of H-pyrrole nitrogens is 2. The number of ether oxygens (including phenoxy) is 1. The lowest BCUT2D eigenvalue weighted by Gasteiger charge is -2.32. The van der Waals surface area contributed by atoms with Crippen molar-refractivity contribution in [2.24, 2.45) is 23.7 Å². The Labute approximate surface area is 322 Å². The lowest BCUT2D eigenvalue weighted by Crippen LogP contribution is -2.52. The minimum atomic E-state index is -0.683. The van der Waals surface area contributed by atoms with Gasteiger partial charge in [-0.3, -0.25) is 24.8 Å². The Kier molecular flexibility index (Phi) is 10.8. The summed E-state index contributed by atoms with van der Waals surface area (Å²) in [5.41, 5.74) is 8.83. The van der Waals surface area contributed by atoms with Crippen molar-refractivity contribution in [2.75, 3.05) is 13.7 Å². The summed E-state index contributed by atoms with van der Waals surface area (Å²) in [4.78, 5) is 69.5. The SMILES string of the molecule is COC(=O)N[C@H](C(=O)N1CCC[C@H]1c1ncc(-c2ccc(-c3ccc(-c4cnc([C@@H]5[C@H]6CC[C@H](C6)[C@H]5C(=O)NN(C(C)=O)C(C)C)[nH]4)cc3)cc2)[nH]1)C(C)C. The molecule has 2 aromatic carbocycles. The number of alkyl carbamates (subject to hydrolysis) is 1. The second-order valence-corrected chi connectivity index (χ2v) is 15.9. The average molecular weight is 749 g/mol. The van der Waals surface area contributed by atoms with Gasteiger partial charge in [0.1, 0.15) is 17.7 Å². The van der Waals surface area contributed by atoms with Crippen molar-refractivity contribution in [3.63, 3.8) is 0 Å². The molecule has 0 radical (unpaired) electrons. The molecule has 290 valence electrons. The largest absolute Gasteiger partial charge is 0.453 e. The van der Waals surface area contributed by atoms with Gasteiger partial charge < -0.3 is 24.9 Å². The minimum Gasteiger partial charge on any atom is -0.453 e. The number of hydrogen-bond acceptors (Lipinski definition) is 7. The van der Waals surface area contributed by atoms with E-state index in [4.69, 9.17) is 9.72 Å². The highest BCUT2D eigenvalue weighted by Crippen LogP contribution is 2.56. The van der Waals surface area contributed by atoms with E-state index in [1.165, 1.54) is 19.0 Å². The Balaban J connectivity index is 1.01. The summed E-state index contributed by atoms with van der Waals surface area (Å²) in [5, 5.41) is 4.12. The van der Waals surface area contributed by atoms with Crippen LogP contribution in [0.5, 0.6) is 0 Å². The third-order valence-electron chi connectivity index (χ3n) is 11.8. The maximum Gasteiger partial charge on any atom is 0.407 e. The van der Waals surface area contributed by atoms with Crippen LogP contribution in [-0.2, 0) is 19.1 Å². The van der Waals surface area contributed by atoms with Crippen LogP contribution < -0.4 is 10.7 Å². The Morgan fingerprint density at radius 1 is 0.818 bits per heavy atom. The number of imidazole rings is 2. The van der Waals surface area contributed by atoms with Crippen LogP contribution in [0.3, 0.4) is 0 Å². The molecule has 3 heterocycles. The number of nitrogens with zero attached hydrogens (tertiary/aromatic N) is 4. The molecule has 13 nitrogen and oxygen atoms in total. The highest BCUT2D eigenvalue weighted by atomic mass is 16.5. The standard InChI is InChI=1S/C42H52N8O5/c1-23(2)37(47-42(54)55-6)41(53)49-19-7-8-34(49)38-43-21-32(45-38)28-13-9-26(10-14-28)27-11-15-29(16-12-27)33-22-44-39(46-33)35-30-17-18-31(20-30)36(35)40(52)48-50(24(3)4)25(5)51/h9-16,21-24,30-31,34-37H,7-8,17-20H2,1-6H3,(H,43,45)(H,44,46)(H,47,54)(H,48,52)/t30-,31+,34-,35+,36+,37-/m0/s1. The first-order chi connectivity index (χ1) is 26.4. The smallest absolute Gasteiger partial charge is 0.407 e. The fourth-order valence-corrected chi connectivity index (χ4v) is 9.01. The number of likely N-dealkylation sites (tertiary alicyclic amines) is 1. The van der Waals surface area contributed by atoms with Gasteiger partial charge in [-0.25, -0.2) is 14.8 Å². The minimum absolute atomic E-state index is 0.00984. The zero-order chi connectivity index (χ0) is 39.0. The highest BCUT2D eigenvalue weighted by Gasteiger charge is 2.53. The van der Waals surface area contributed by atoms with Gasteiger partial charge in [-0.1, -0.05) is 62.4 Å². The van der Waals surface area contributed by atoms with Crippen molar-refractivity contribution in [1.29, 1.82) is 0 Å². The van der Waals surface area contributed by atoms with E-state index in [-0.39, 0.29) is 47.6 Å². The van der Waals surface area contributed by atoms with Gasteiger partial charge in [-0.15, -0.1) is 0 Å². The fraction of sp³-hybridized carbons (Fsp3) is 0.476. The van der Waals surface area contributed by atoms with E-state index in [9.17, 15) is 19.2 Å². The Hall–Kier alpha value is -5.46. The molecule has 13 heteroatoms. The number of carbonyl (C=O) groups is 4. The van der Waals surface area contributed by atoms with Gasteiger partial charge in [0, 0.05) is 25.4 Å². The molecular weight excluding hydrogens is 697 g/mol. The van der Waals surface area contributed by atoms with Gasteiger partial charge in [0.05, 0.1) is 42.9 Å². The van der Waals surface area contributed by atoms with Crippen molar-refractivity contribution >= 4 is 23.8 Å². The van der Waals surface area contributed by atoms with Crippen molar-refractivity contribution in [2.45, 2.75) is 90.8 Å². The number of hydrogen-bond donors (Lipinski definition) is 4. The first kappa shape index (κ1) is 37.8. The summed E-state index contributed by atoms with van der Waals surface area (Å²) < 4.78 is 4.76. The predicted molar refractivity (Wildman–Crippen MR) is 208 cm³/mol. The molecule has 4 amide bonds. The van der Waals surface area contributed by atoms with Crippen molar-refractivity contribution in [1.82, 2.24) is 40.6 Å². The Bertz CT molecular complexity index is 2020. The molecule has 4 N–H and O–H groups in total. The molecule has 4 aromatic rings. The first-order valence-electron chi connectivity index (χ1n) is 19.5. The second kappa shape index (κ2) is 15.7. The summed E-state index contributed by atoms with van der Waals surface area (Å²) in [5.74, 6) is 1.51. The topological polar surface area (TPSA) is 165 Å². The van der Waals surface area contributed by atoms with Crippen LogP contribution in [-0.4, -0.2) is 79.4 Å². The third kappa shape index (κ3) is 7.61. The van der Waals surface area contributed by atoms with E-state index >= 15 is 0 Å². The lowest BCUT2D eigenvalue weighted by molar-refractivity contribution is -0.145. The summed E-state index contributed by atoms with van der Waals surface area (Å²) in [7, 11) is 1.29. The van der Waals surface area contributed by atoms with Crippen molar-refractivity contribution in [3.05, 3.63) is 72.6 Å². The number of fused-ring (bicyclic) bond motifs is 2. The number of hydrazine groups is 1. The maximum absolute atomic E-state index is 13.6. The molecule has 1 aliphatic heterocycles. The predicted octanol–water partition coefficient (Wildman–Crippen LogP) is 6.60. The lowest BCUT2D eigenvalue weighted by atomic mass is 9.78. The van der Waals surface area contributed by atoms with E-state index in [0.717, 1.165) is 77.4 Å². The first-order valence-corrected chi connectivity index (χ1v) is 19.5. The second-order valence-electron chi connectivity index (χ2n) is 15.9. The van der Waals surface area contributed by atoms with Crippen LogP contribution in [0.25, 0.3) is 33.6 Å². The molecule has 2 bridgehead atoms. The van der Waals surface area contributed by atoms with Gasteiger partial charge in [0.25, 0.3) is 0 Å². The maximum atomic E-state index is 13.6. The monoisotopic (exact) mass is 748 g/mol. The van der Waals surface area contributed by atoms with Crippen LogP contribution >= 0.6 is 0 Å². The molecule has 3 fully saturated rings. The number of amides is 4. The number of carbonyl (C=O) groups excluding carboxylic acids is 4. The number of rotatable bonds is 10. The van der Waals surface area contributed by atoms with Crippen LogP contribution in [0.1, 0.15) is 90.3 Å². The van der Waals surface area contributed by atoms with Crippen molar-refractivity contribution in [3.8, 4) is 33.6 Å².